The molecule has 0 unspecified atom stereocenters. The van der Waals surface area contributed by atoms with E-state index in [0.717, 1.165) is 0 Å². The molecule has 2 N–H and O–H groups in total. The third kappa shape index (κ3) is 2.90. The molecule has 108 valence electrons. The van der Waals surface area contributed by atoms with Gasteiger partial charge in [-0.25, -0.2) is 0 Å². The summed E-state index contributed by atoms with van der Waals surface area (Å²) in [5.74, 6) is 0. The fraction of sp³-hybridized carbons (Fsp3) is 0.0526. The van der Waals surface area contributed by atoms with Crippen molar-refractivity contribution in [3.63, 3.8) is 0 Å². The Bertz CT molecular complexity index is 569. The van der Waals surface area contributed by atoms with Gasteiger partial charge >= 0.3 is 121 Å². The summed E-state index contributed by atoms with van der Waals surface area (Å²) >= 11 is 0. The van der Waals surface area contributed by atoms with Crippen LogP contribution in [0, 0.1) is 0 Å². The van der Waals surface area contributed by atoms with Crippen molar-refractivity contribution in [1.82, 2.24) is 0 Å². The van der Waals surface area contributed by atoms with Gasteiger partial charge in [0.2, 0.25) is 0 Å². The first-order chi connectivity index (χ1) is 9.82. The van der Waals surface area contributed by atoms with Crippen molar-refractivity contribution in [2.24, 2.45) is 0 Å². The normalized spacial score (nSPS) is 11.5. The Hall–Kier alpha value is -1.95. The molecule has 0 radical (unpaired) electrons. The SMILES string of the molecule is C[PH](c1ccccc1)(c1ccccc1)c1ccccc1.O. The molecule has 0 fully saturated rings. The van der Waals surface area contributed by atoms with Gasteiger partial charge < -0.3 is 5.48 Å². The van der Waals surface area contributed by atoms with E-state index in [0.29, 0.717) is 0 Å². The third-order valence-corrected chi connectivity index (χ3v) is 8.52. The van der Waals surface area contributed by atoms with Crippen molar-refractivity contribution >= 4 is 23.2 Å². The van der Waals surface area contributed by atoms with Crippen LogP contribution < -0.4 is 15.9 Å². The summed E-state index contributed by atoms with van der Waals surface area (Å²) in [5.41, 5.74) is 0. The minimum Gasteiger partial charge on any atom is -0.412 e. The van der Waals surface area contributed by atoms with Crippen molar-refractivity contribution in [2.75, 3.05) is 6.66 Å². The zero-order chi connectivity index (χ0) is 13.8. The molecule has 0 bridgehead atoms. The molecule has 0 atom stereocenters. The molecule has 0 heterocycles. The molecule has 0 spiro atoms. The van der Waals surface area contributed by atoms with E-state index in [1.807, 2.05) is 0 Å². The second-order valence-corrected chi connectivity index (χ2v) is 9.21. The van der Waals surface area contributed by atoms with Gasteiger partial charge in [0.05, 0.1) is 0 Å². The maximum Gasteiger partial charge on any atom is -0.412 e. The topological polar surface area (TPSA) is 31.5 Å². The third-order valence-electron chi connectivity index (χ3n) is 4.05. The van der Waals surface area contributed by atoms with Crippen molar-refractivity contribution in [3.05, 3.63) is 91.0 Å². The van der Waals surface area contributed by atoms with Gasteiger partial charge in [0.1, 0.15) is 0 Å². The molecular formula is C19H21OP. The molecular weight excluding hydrogens is 275 g/mol. The van der Waals surface area contributed by atoms with Crippen molar-refractivity contribution in [3.8, 4) is 0 Å². The fourth-order valence-corrected chi connectivity index (χ4v) is 6.39. The summed E-state index contributed by atoms with van der Waals surface area (Å²) < 4.78 is 0. The Morgan fingerprint density at radius 1 is 0.476 bits per heavy atom. The first kappa shape index (κ1) is 15.4. The zero-order valence-corrected chi connectivity index (χ0v) is 13.2. The molecule has 2 heteroatoms. The van der Waals surface area contributed by atoms with Gasteiger partial charge in [0.15, 0.2) is 0 Å². The molecule has 0 aliphatic rings. The summed E-state index contributed by atoms with van der Waals surface area (Å²) in [6.45, 7) is 2.44. The van der Waals surface area contributed by atoms with Gasteiger partial charge in [-0.3, -0.25) is 0 Å². The molecule has 0 aliphatic heterocycles. The van der Waals surface area contributed by atoms with Crippen LogP contribution in [0.3, 0.4) is 0 Å². The monoisotopic (exact) mass is 296 g/mol. The van der Waals surface area contributed by atoms with Crippen molar-refractivity contribution in [1.29, 1.82) is 0 Å². The van der Waals surface area contributed by atoms with Crippen LogP contribution in [0.2, 0.25) is 0 Å². The van der Waals surface area contributed by atoms with Gasteiger partial charge in [-0.15, -0.1) is 0 Å². The predicted molar refractivity (Wildman–Crippen MR) is 96.1 cm³/mol. The molecule has 1 nitrogen and oxygen atoms in total. The van der Waals surface area contributed by atoms with E-state index in [1.165, 1.54) is 15.9 Å². The maximum absolute atomic E-state index is 2.44. The van der Waals surface area contributed by atoms with Gasteiger partial charge in [0.25, 0.3) is 0 Å². The van der Waals surface area contributed by atoms with Crippen molar-refractivity contribution in [2.45, 2.75) is 0 Å². The van der Waals surface area contributed by atoms with Gasteiger partial charge in [-0.1, -0.05) is 0 Å². The smallest absolute Gasteiger partial charge is 0.412 e. The van der Waals surface area contributed by atoms with Crippen LogP contribution >= 0.6 is 7.26 Å². The first-order valence-corrected chi connectivity index (χ1v) is 9.48. The standard InChI is InChI=1S/C19H19P.H2O/c1-20(17-11-5-2-6-12-17,18-13-7-3-8-14-18)19-15-9-4-10-16-19;/h2-16,20H,1H3;1H2. The molecule has 0 aliphatic carbocycles. The summed E-state index contributed by atoms with van der Waals surface area (Å²) in [5, 5.41) is 4.37. The molecule has 3 aromatic carbocycles. The summed E-state index contributed by atoms with van der Waals surface area (Å²) in [6, 6.07) is 32.8. The largest absolute Gasteiger partial charge is 0.412 e. The Kier molecular flexibility index (Phi) is 4.90. The van der Waals surface area contributed by atoms with Crippen LogP contribution in [0.4, 0.5) is 0 Å². The van der Waals surface area contributed by atoms with Gasteiger partial charge in [-0.2, -0.15) is 0 Å². The summed E-state index contributed by atoms with van der Waals surface area (Å²) in [6.07, 6.45) is 0. The number of hydrogen-bond donors (Lipinski definition) is 0. The second kappa shape index (κ2) is 6.67. The van der Waals surface area contributed by atoms with Gasteiger partial charge in [0, 0.05) is 0 Å². The summed E-state index contributed by atoms with van der Waals surface area (Å²) in [7, 11) is -1.88. The van der Waals surface area contributed by atoms with Crippen LogP contribution in [0.5, 0.6) is 0 Å². The van der Waals surface area contributed by atoms with E-state index in [-0.39, 0.29) is 5.48 Å². The first-order valence-electron chi connectivity index (χ1n) is 6.98. The average Bonchev–Trinajstić information content (AvgIpc) is 2.56. The quantitative estimate of drug-likeness (QED) is 0.665. The molecule has 3 rings (SSSR count). The van der Waals surface area contributed by atoms with Crippen LogP contribution in [0.25, 0.3) is 0 Å². The van der Waals surface area contributed by atoms with Crippen LogP contribution in [0.1, 0.15) is 0 Å². The minimum atomic E-state index is -1.88. The fourth-order valence-electron chi connectivity index (χ4n) is 2.81. The molecule has 0 amide bonds. The van der Waals surface area contributed by atoms with E-state index < -0.39 is 7.26 Å². The second-order valence-electron chi connectivity index (χ2n) is 5.22. The Morgan fingerprint density at radius 3 is 0.952 bits per heavy atom. The van der Waals surface area contributed by atoms with E-state index in [4.69, 9.17) is 0 Å². The van der Waals surface area contributed by atoms with Crippen molar-refractivity contribution < 1.29 is 5.48 Å². The molecule has 0 aromatic heterocycles. The Morgan fingerprint density at radius 2 is 0.714 bits per heavy atom. The zero-order valence-electron chi connectivity index (χ0n) is 12.2. The number of hydrogen-bond acceptors (Lipinski definition) is 0. The van der Waals surface area contributed by atoms with E-state index in [2.05, 4.69) is 97.7 Å². The van der Waals surface area contributed by atoms with Gasteiger partial charge in [-0.05, 0) is 0 Å². The Balaban J connectivity index is 0.00000161. The number of rotatable bonds is 3. The van der Waals surface area contributed by atoms with Crippen LogP contribution in [-0.4, -0.2) is 12.1 Å². The Labute approximate surface area is 126 Å². The molecule has 21 heavy (non-hydrogen) atoms. The molecule has 0 saturated carbocycles. The van der Waals surface area contributed by atoms with E-state index >= 15 is 0 Å². The summed E-state index contributed by atoms with van der Waals surface area (Å²) in [4.78, 5) is 0. The van der Waals surface area contributed by atoms with Crippen LogP contribution in [-0.2, 0) is 0 Å². The predicted octanol–water partition coefficient (Wildman–Crippen LogP) is 2.52. The molecule has 0 saturated heterocycles. The van der Waals surface area contributed by atoms with E-state index in [1.54, 1.807) is 0 Å². The maximum atomic E-state index is 2.44. The minimum absolute atomic E-state index is 0. The van der Waals surface area contributed by atoms with E-state index in [9.17, 15) is 0 Å². The molecule has 3 aromatic rings. The average molecular weight is 296 g/mol. The van der Waals surface area contributed by atoms with Crippen LogP contribution in [0.15, 0.2) is 91.0 Å². The number of benzene rings is 3.